The average molecular weight is 404 g/mol. The molecule has 4 rings (SSSR count). The van der Waals surface area contributed by atoms with Crippen molar-refractivity contribution in [3.8, 4) is 0 Å². The van der Waals surface area contributed by atoms with Crippen LogP contribution in [0.2, 0.25) is 10.0 Å². The normalized spacial score (nSPS) is 23.1. The first kappa shape index (κ1) is 18.7. The number of hydrogen-bond donors (Lipinski definition) is 0. The second-order valence-corrected chi connectivity index (χ2v) is 8.37. The molecule has 2 aliphatic rings. The van der Waals surface area contributed by atoms with Gasteiger partial charge in [0.05, 0.1) is 10.6 Å². The van der Waals surface area contributed by atoms with Gasteiger partial charge in [0.1, 0.15) is 0 Å². The Bertz CT molecular complexity index is 840. The Hall–Kier alpha value is -1.62. The maximum absolute atomic E-state index is 12.9. The number of piperidine rings is 1. The SMILES string of the molecule is Cc1cc(Cl)c(C(=O)N2CCN3C[C@@H](c4ccc(Cl)cc4)CCC3C2)cn1. The van der Waals surface area contributed by atoms with Gasteiger partial charge in [-0.3, -0.25) is 14.7 Å². The molecule has 1 aromatic heterocycles. The summed E-state index contributed by atoms with van der Waals surface area (Å²) >= 11 is 12.3. The summed E-state index contributed by atoms with van der Waals surface area (Å²) in [7, 11) is 0. The number of nitrogens with zero attached hydrogens (tertiary/aromatic N) is 3. The van der Waals surface area contributed by atoms with E-state index in [1.54, 1.807) is 12.3 Å². The van der Waals surface area contributed by atoms with Crippen molar-refractivity contribution in [1.29, 1.82) is 0 Å². The van der Waals surface area contributed by atoms with Crippen molar-refractivity contribution in [2.75, 3.05) is 26.2 Å². The molecule has 2 aromatic rings. The molecule has 27 heavy (non-hydrogen) atoms. The summed E-state index contributed by atoms with van der Waals surface area (Å²) in [5.41, 5.74) is 2.68. The predicted molar refractivity (Wildman–Crippen MR) is 109 cm³/mol. The highest BCUT2D eigenvalue weighted by atomic mass is 35.5. The van der Waals surface area contributed by atoms with Crippen LogP contribution in [-0.4, -0.2) is 52.9 Å². The zero-order valence-electron chi connectivity index (χ0n) is 15.4. The number of fused-ring (bicyclic) bond motifs is 1. The van der Waals surface area contributed by atoms with Crippen molar-refractivity contribution in [1.82, 2.24) is 14.8 Å². The van der Waals surface area contributed by atoms with Crippen molar-refractivity contribution in [3.63, 3.8) is 0 Å². The molecule has 2 aliphatic heterocycles. The van der Waals surface area contributed by atoms with Crippen molar-refractivity contribution >= 4 is 29.1 Å². The van der Waals surface area contributed by atoms with Crippen molar-refractivity contribution < 1.29 is 4.79 Å². The lowest BCUT2D eigenvalue weighted by atomic mass is 9.86. The molecule has 0 saturated carbocycles. The van der Waals surface area contributed by atoms with Gasteiger partial charge in [-0.25, -0.2) is 0 Å². The molecule has 1 amide bonds. The Morgan fingerprint density at radius 3 is 2.63 bits per heavy atom. The van der Waals surface area contributed by atoms with Gasteiger partial charge >= 0.3 is 0 Å². The van der Waals surface area contributed by atoms with Crippen LogP contribution in [0, 0.1) is 6.92 Å². The Morgan fingerprint density at radius 2 is 1.89 bits per heavy atom. The zero-order valence-corrected chi connectivity index (χ0v) is 16.9. The molecule has 142 valence electrons. The van der Waals surface area contributed by atoms with Gasteiger partial charge in [-0.2, -0.15) is 0 Å². The molecule has 0 N–H and O–H groups in total. The number of hydrogen-bond acceptors (Lipinski definition) is 3. The number of halogens is 2. The Labute approximate surface area is 170 Å². The molecular weight excluding hydrogens is 381 g/mol. The number of carbonyl (C=O) groups is 1. The van der Waals surface area contributed by atoms with E-state index < -0.39 is 0 Å². The van der Waals surface area contributed by atoms with Crippen LogP contribution in [0.5, 0.6) is 0 Å². The number of benzene rings is 1. The van der Waals surface area contributed by atoms with Crippen LogP contribution in [0.4, 0.5) is 0 Å². The Balaban J connectivity index is 1.41. The number of aromatic nitrogens is 1. The van der Waals surface area contributed by atoms with Crippen LogP contribution < -0.4 is 0 Å². The number of amides is 1. The quantitative estimate of drug-likeness (QED) is 0.745. The number of aryl methyl sites for hydroxylation is 1. The van der Waals surface area contributed by atoms with E-state index in [0.717, 1.165) is 49.7 Å². The van der Waals surface area contributed by atoms with Crippen LogP contribution in [0.25, 0.3) is 0 Å². The molecule has 0 radical (unpaired) electrons. The smallest absolute Gasteiger partial charge is 0.257 e. The van der Waals surface area contributed by atoms with Crippen molar-refractivity contribution in [2.24, 2.45) is 0 Å². The van der Waals surface area contributed by atoms with Gasteiger partial charge in [0, 0.05) is 49.1 Å². The van der Waals surface area contributed by atoms with E-state index in [1.807, 2.05) is 24.0 Å². The van der Waals surface area contributed by atoms with E-state index in [0.29, 0.717) is 22.5 Å². The standard InChI is InChI=1S/C21H23Cl2N3O/c1-14-10-20(23)19(11-24-14)21(27)26-9-8-25-12-16(4-7-18(25)13-26)15-2-5-17(22)6-3-15/h2-3,5-6,10-11,16,18H,4,7-9,12-13H2,1H3/t16-,18?/m0/s1. The van der Waals surface area contributed by atoms with E-state index >= 15 is 0 Å². The molecule has 1 aromatic carbocycles. The summed E-state index contributed by atoms with van der Waals surface area (Å²) in [5, 5.41) is 1.27. The third kappa shape index (κ3) is 3.98. The van der Waals surface area contributed by atoms with E-state index in [4.69, 9.17) is 23.2 Å². The zero-order chi connectivity index (χ0) is 19.0. The second kappa shape index (κ2) is 7.78. The highest BCUT2D eigenvalue weighted by Gasteiger charge is 2.35. The van der Waals surface area contributed by atoms with Gasteiger partial charge in [0.2, 0.25) is 0 Å². The number of carbonyl (C=O) groups excluding carboxylic acids is 1. The van der Waals surface area contributed by atoms with E-state index in [-0.39, 0.29) is 5.91 Å². The summed E-state index contributed by atoms with van der Waals surface area (Å²) in [5.74, 6) is 0.531. The highest BCUT2D eigenvalue weighted by molar-refractivity contribution is 6.33. The molecule has 0 spiro atoms. The van der Waals surface area contributed by atoms with Gasteiger partial charge < -0.3 is 4.90 Å². The lowest BCUT2D eigenvalue weighted by molar-refractivity contribution is 0.0329. The first-order valence-electron chi connectivity index (χ1n) is 9.42. The third-order valence-electron chi connectivity index (χ3n) is 5.76. The molecule has 6 heteroatoms. The summed E-state index contributed by atoms with van der Waals surface area (Å²) in [4.78, 5) is 21.6. The Kier molecular flexibility index (Phi) is 5.40. The maximum atomic E-state index is 12.9. The minimum atomic E-state index is -0.00743. The lowest BCUT2D eigenvalue weighted by Crippen LogP contribution is -2.57. The minimum Gasteiger partial charge on any atom is -0.336 e. The fourth-order valence-electron chi connectivity index (χ4n) is 4.22. The molecule has 3 heterocycles. The molecule has 0 aliphatic carbocycles. The van der Waals surface area contributed by atoms with Crippen LogP contribution >= 0.6 is 23.2 Å². The Morgan fingerprint density at radius 1 is 1.11 bits per heavy atom. The van der Waals surface area contributed by atoms with E-state index in [1.165, 1.54) is 5.56 Å². The van der Waals surface area contributed by atoms with Gasteiger partial charge in [-0.1, -0.05) is 35.3 Å². The van der Waals surface area contributed by atoms with E-state index in [9.17, 15) is 4.79 Å². The van der Waals surface area contributed by atoms with Crippen molar-refractivity contribution in [3.05, 3.63) is 63.4 Å². The topological polar surface area (TPSA) is 36.4 Å². The van der Waals surface area contributed by atoms with Crippen LogP contribution in [0.3, 0.4) is 0 Å². The first-order valence-corrected chi connectivity index (χ1v) is 10.2. The van der Waals surface area contributed by atoms with E-state index in [2.05, 4.69) is 22.0 Å². The number of piperazine rings is 1. The summed E-state index contributed by atoms with van der Waals surface area (Å²) in [6, 6.07) is 10.4. The lowest BCUT2D eigenvalue weighted by Gasteiger charge is -2.46. The largest absolute Gasteiger partial charge is 0.336 e. The molecule has 2 saturated heterocycles. The molecule has 2 atom stereocenters. The maximum Gasteiger partial charge on any atom is 0.257 e. The van der Waals surface area contributed by atoms with Crippen LogP contribution in [-0.2, 0) is 0 Å². The van der Waals surface area contributed by atoms with Gasteiger partial charge in [0.15, 0.2) is 0 Å². The summed E-state index contributed by atoms with van der Waals surface area (Å²) in [6.07, 6.45) is 3.83. The number of pyridine rings is 1. The predicted octanol–water partition coefficient (Wildman–Crippen LogP) is 4.40. The average Bonchev–Trinajstić information content (AvgIpc) is 2.67. The summed E-state index contributed by atoms with van der Waals surface area (Å²) in [6.45, 7) is 5.31. The van der Waals surface area contributed by atoms with Crippen LogP contribution in [0.1, 0.15) is 40.4 Å². The minimum absolute atomic E-state index is 0.00743. The van der Waals surface area contributed by atoms with Crippen molar-refractivity contribution in [2.45, 2.75) is 31.7 Å². The highest BCUT2D eigenvalue weighted by Crippen LogP contribution is 2.32. The summed E-state index contributed by atoms with van der Waals surface area (Å²) < 4.78 is 0. The number of rotatable bonds is 2. The fourth-order valence-corrected chi connectivity index (χ4v) is 4.63. The van der Waals surface area contributed by atoms with Crippen LogP contribution in [0.15, 0.2) is 36.5 Å². The fraction of sp³-hybridized carbons (Fsp3) is 0.429. The molecule has 1 unspecified atom stereocenters. The second-order valence-electron chi connectivity index (χ2n) is 7.53. The molecule has 4 nitrogen and oxygen atoms in total. The molecular formula is C21H23Cl2N3O. The van der Waals surface area contributed by atoms with Gasteiger partial charge in [-0.15, -0.1) is 0 Å². The monoisotopic (exact) mass is 403 g/mol. The first-order chi connectivity index (χ1) is 13.0. The third-order valence-corrected chi connectivity index (χ3v) is 6.32. The molecule has 0 bridgehead atoms. The van der Waals surface area contributed by atoms with Gasteiger partial charge in [0.25, 0.3) is 5.91 Å². The molecule has 2 fully saturated rings. The van der Waals surface area contributed by atoms with Gasteiger partial charge in [-0.05, 0) is 49.4 Å².